The number of nitrogens with one attached hydrogen (secondary N) is 1. The molecule has 5 nitrogen and oxygen atoms in total. The lowest BCUT2D eigenvalue weighted by Crippen LogP contribution is -2.48. The van der Waals surface area contributed by atoms with Gasteiger partial charge in [-0.3, -0.25) is 4.79 Å². The molecule has 0 amide bonds. The highest BCUT2D eigenvalue weighted by Gasteiger charge is 2.52. The van der Waals surface area contributed by atoms with E-state index in [0.717, 1.165) is 24.3 Å². The average molecular weight is 393 g/mol. The Balaban J connectivity index is 2.28. The van der Waals surface area contributed by atoms with E-state index in [1.165, 1.54) is 0 Å². The number of esters is 1. The topological polar surface area (TPSA) is 72.5 Å². The first-order chi connectivity index (χ1) is 12.1. The lowest BCUT2D eigenvalue weighted by molar-refractivity contribution is -0.147. The third-order valence-electron chi connectivity index (χ3n) is 4.64. The fourth-order valence-corrected chi connectivity index (χ4v) is 4.70. The second-order valence-corrected chi connectivity index (χ2v) is 8.16. The molecule has 1 fully saturated rings. The number of carbonyl (C=O) groups excluding carboxylic acids is 1. The highest BCUT2D eigenvalue weighted by molar-refractivity contribution is 7.89. The molecule has 0 unspecified atom stereocenters. The van der Waals surface area contributed by atoms with E-state index in [0.29, 0.717) is 25.7 Å². The van der Waals surface area contributed by atoms with Crippen molar-refractivity contribution in [1.82, 2.24) is 4.72 Å². The van der Waals surface area contributed by atoms with Crippen LogP contribution in [-0.2, 0) is 25.7 Å². The summed E-state index contributed by atoms with van der Waals surface area (Å²) in [6.45, 7) is 3.70. The van der Waals surface area contributed by atoms with Crippen molar-refractivity contribution >= 4 is 16.0 Å². The fraction of sp³-hybridized carbons (Fsp3) is 0.588. The minimum atomic E-state index is -4.54. The minimum absolute atomic E-state index is 0.0846. The van der Waals surface area contributed by atoms with Crippen LogP contribution in [0.25, 0.3) is 0 Å². The van der Waals surface area contributed by atoms with Gasteiger partial charge >= 0.3 is 12.1 Å². The smallest absolute Gasteiger partial charge is 0.416 e. The van der Waals surface area contributed by atoms with Crippen molar-refractivity contribution in [1.29, 1.82) is 0 Å². The molecule has 0 aromatic heterocycles. The molecule has 1 aromatic rings. The van der Waals surface area contributed by atoms with E-state index in [2.05, 4.69) is 4.72 Å². The summed E-state index contributed by atoms with van der Waals surface area (Å²) in [5.41, 5.74) is -1.87. The van der Waals surface area contributed by atoms with Gasteiger partial charge in [-0.2, -0.15) is 13.2 Å². The van der Waals surface area contributed by atoms with Gasteiger partial charge < -0.3 is 4.74 Å². The molecule has 1 aromatic carbocycles. The largest absolute Gasteiger partial charge is 0.463 e. The van der Waals surface area contributed by atoms with Crippen LogP contribution in [-0.4, -0.2) is 27.0 Å². The van der Waals surface area contributed by atoms with Crippen molar-refractivity contribution < 1.29 is 31.1 Å². The zero-order valence-electron chi connectivity index (χ0n) is 14.6. The molecule has 9 heteroatoms. The molecule has 1 heterocycles. The lowest BCUT2D eigenvalue weighted by atomic mass is 9.75. The van der Waals surface area contributed by atoms with E-state index in [-0.39, 0.29) is 11.5 Å². The van der Waals surface area contributed by atoms with E-state index in [1.807, 2.05) is 13.8 Å². The standard InChI is InChI=1S/C17H22F3NO4S/c1-3-9-16(10-4-2)14(11-25-15(16)22)21-26(23,24)13-7-5-12(6-8-13)17(18,19)20/h5-8,14,21H,3-4,9-11H2,1-2H3/t14-/m1/s1. The van der Waals surface area contributed by atoms with Crippen LogP contribution in [0.4, 0.5) is 13.2 Å². The van der Waals surface area contributed by atoms with Gasteiger partial charge in [0.25, 0.3) is 0 Å². The number of rotatable bonds is 7. The zero-order valence-corrected chi connectivity index (χ0v) is 15.4. The van der Waals surface area contributed by atoms with Gasteiger partial charge in [-0.05, 0) is 37.1 Å². The van der Waals surface area contributed by atoms with Crippen molar-refractivity contribution in [2.24, 2.45) is 5.41 Å². The molecular weight excluding hydrogens is 371 g/mol. The summed E-state index contributed by atoms with van der Waals surface area (Å²) in [6.07, 6.45) is -2.25. The van der Waals surface area contributed by atoms with E-state index in [1.54, 1.807) is 0 Å². The van der Waals surface area contributed by atoms with Crippen LogP contribution in [0.5, 0.6) is 0 Å². The first kappa shape index (κ1) is 20.7. The van der Waals surface area contributed by atoms with Gasteiger partial charge in [-0.15, -0.1) is 0 Å². The number of halogens is 3. The van der Waals surface area contributed by atoms with E-state index >= 15 is 0 Å². The maximum Gasteiger partial charge on any atom is 0.416 e. The number of ether oxygens (including phenoxy) is 1. The molecule has 0 radical (unpaired) electrons. The fourth-order valence-electron chi connectivity index (χ4n) is 3.40. The summed E-state index contributed by atoms with van der Waals surface area (Å²) in [7, 11) is -4.09. The monoisotopic (exact) mass is 393 g/mol. The number of hydrogen-bond donors (Lipinski definition) is 1. The van der Waals surface area contributed by atoms with Gasteiger partial charge in [0.1, 0.15) is 6.61 Å². The summed E-state index contributed by atoms with van der Waals surface area (Å²) in [6, 6.07) is 2.50. The van der Waals surface area contributed by atoms with Crippen LogP contribution in [0, 0.1) is 5.41 Å². The Labute approximate surface area is 151 Å². The molecule has 0 bridgehead atoms. The van der Waals surface area contributed by atoms with Gasteiger partial charge in [0, 0.05) is 0 Å². The van der Waals surface area contributed by atoms with Gasteiger partial charge in [0.05, 0.1) is 21.9 Å². The molecule has 1 aliphatic heterocycles. The quantitative estimate of drug-likeness (QED) is 0.720. The maximum atomic E-state index is 12.6. The van der Waals surface area contributed by atoms with Crippen LogP contribution in [0.2, 0.25) is 0 Å². The Kier molecular flexibility index (Phi) is 6.02. The molecule has 2 rings (SSSR count). The van der Waals surface area contributed by atoms with Crippen molar-refractivity contribution in [3.63, 3.8) is 0 Å². The van der Waals surface area contributed by atoms with Crippen LogP contribution >= 0.6 is 0 Å². The molecule has 1 aliphatic rings. The van der Waals surface area contributed by atoms with Crippen LogP contribution < -0.4 is 4.72 Å². The molecule has 0 aliphatic carbocycles. The Hall–Kier alpha value is -1.61. The summed E-state index contributed by atoms with van der Waals surface area (Å²) in [4.78, 5) is 12.0. The molecule has 1 N–H and O–H groups in total. The first-order valence-corrected chi connectivity index (χ1v) is 9.92. The predicted octanol–water partition coefficient (Wildman–Crippen LogP) is 3.50. The molecule has 1 saturated heterocycles. The number of hydrogen-bond acceptors (Lipinski definition) is 4. The number of alkyl halides is 3. The van der Waals surface area contributed by atoms with Crippen molar-refractivity contribution in [3.05, 3.63) is 29.8 Å². The summed E-state index contributed by atoms with van der Waals surface area (Å²) >= 11 is 0. The van der Waals surface area contributed by atoms with Gasteiger partial charge in [0.2, 0.25) is 10.0 Å². The highest BCUT2D eigenvalue weighted by atomic mass is 32.2. The second kappa shape index (κ2) is 7.56. The van der Waals surface area contributed by atoms with Gasteiger partial charge in [-0.25, -0.2) is 13.1 Å². The third kappa shape index (κ3) is 4.03. The normalized spacial score (nSPS) is 20.2. The number of benzene rings is 1. The predicted molar refractivity (Wildman–Crippen MR) is 88.8 cm³/mol. The average Bonchev–Trinajstić information content (AvgIpc) is 2.84. The van der Waals surface area contributed by atoms with Crippen molar-refractivity contribution in [3.8, 4) is 0 Å². The molecule has 146 valence electrons. The summed E-state index contributed by atoms with van der Waals surface area (Å²) < 4.78 is 70.7. The summed E-state index contributed by atoms with van der Waals surface area (Å²) in [5, 5.41) is 0. The minimum Gasteiger partial charge on any atom is -0.463 e. The van der Waals surface area contributed by atoms with Gasteiger partial charge in [-0.1, -0.05) is 26.7 Å². The maximum absolute atomic E-state index is 12.6. The lowest BCUT2D eigenvalue weighted by Gasteiger charge is -2.30. The second-order valence-electron chi connectivity index (χ2n) is 6.45. The van der Waals surface area contributed by atoms with E-state index < -0.39 is 39.2 Å². The molecular formula is C17H22F3NO4S. The highest BCUT2D eigenvalue weighted by Crippen LogP contribution is 2.40. The molecule has 0 saturated carbocycles. The van der Waals surface area contributed by atoms with E-state index in [4.69, 9.17) is 4.74 Å². The van der Waals surface area contributed by atoms with Gasteiger partial charge in [0.15, 0.2) is 0 Å². The zero-order chi connectivity index (χ0) is 19.6. The Morgan fingerprint density at radius 3 is 2.15 bits per heavy atom. The van der Waals surface area contributed by atoms with Crippen molar-refractivity contribution in [2.45, 2.75) is 56.6 Å². The third-order valence-corrected chi connectivity index (χ3v) is 6.12. The van der Waals surface area contributed by atoms with Crippen LogP contribution in [0.1, 0.15) is 45.1 Å². The van der Waals surface area contributed by atoms with Crippen LogP contribution in [0.15, 0.2) is 29.2 Å². The molecule has 0 spiro atoms. The Morgan fingerprint density at radius 2 is 1.69 bits per heavy atom. The molecule has 1 atom stereocenters. The van der Waals surface area contributed by atoms with Crippen molar-refractivity contribution in [2.75, 3.05) is 6.61 Å². The summed E-state index contributed by atoms with van der Waals surface area (Å²) in [5.74, 6) is -0.429. The van der Waals surface area contributed by atoms with Crippen LogP contribution in [0.3, 0.4) is 0 Å². The number of cyclic esters (lactones) is 1. The number of carbonyl (C=O) groups is 1. The Morgan fingerprint density at radius 1 is 1.15 bits per heavy atom. The first-order valence-electron chi connectivity index (χ1n) is 8.43. The Bertz CT molecular complexity index is 738. The molecule has 26 heavy (non-hydrogen) atoms. The number of sulfonamides is 1. The van der Waals surface area contributed by atoms with E-state index in [9.17, 15) is 26.4 Å². The SMILES string of the molecule is CCCC1(CCC)C(=O)OC[C@H]1NS(=O)(=O)c1ccc(C(F)(F)F)cc1.